The van der Waals surface area contributed by atoms with Gasteiger partial charge in [0.15, 0.2) is 0 Å². The van der Waals surface area contributed by atoms with Gasteiger partial charge < -0.3 is 10.8 Å². The smallest absolute Gasteiger partial charge is 0.352 e. The summed E-state index contributed by atoms with van der Waals surface area (Å²) in [5.74, 6) is -1.72. The molecule has 0 saturated heterocycles. The number of primary amides is 1. The Balaban J connectivity index is 2.36. The van der Waals surface area contributed by atoms with E-state index >= 15 is 0 Å². The summed E-state index contributed by atoms with van der Waals surface area (Å²) in [6, 6.07) is 6.54. The Morgan fingerprint density at radius 1 is 1.39 bits per heavy atom. The van der Waals surface area contributed by atoms with E-state index in [4.69, 9.17) is 10.8 Å². The molecule has 94 valence electrons. The first-order chi connectivity index (χ1) is 8.49. The van der Waals surface area contributed by atoms with Crippen LogP contribution in [0.2, 0.25) is 0 Å². The molecule has 1 heterocycles. The standard InChI is InChI=1S/C12H13N3O3/c1-7-2-4-8(5-3-7)15-10(11(13)16)6-9(14-15)12(17)18/h2-5,10H,6H2,1H3,(H2,13,16)(H,17,18). The molecule has 0 saturated carbocycles. The first-order valence-electron chi connectivity index (χ1n) is 5.45. The highest BCUT2D eigenvalue weighted by Crippen LogP contribution is 2.24. The number of aliphatic carboxylic acids is 1. The fourth-order valence-electron chi connectivity index (χ4n) is 1.80. The minimum atomic E-state index is -1.13. The summed E-state index contributed by atoms with van der Waals surface area (Å²) in [5, 5.41) is 14.2. The van der Waals surface area contributed by atoms with Crippen LogP contribution in [0.1, 0.15) is 12.0 Å². The largest absolute Gasteiger partial charge is 0.477 e. The Bertz CT molecular complexity index is 522. The van der Waals surface area contributed by atoms with E-state index < -0.39 is 17.9 Å². The van der Waals surface area contributed by atoms with Gasteiger partial charge in [-0.2, -0.15) is 5.10 Å². The zero-order valence-corrected chi connectivity index (χ0v) is 9.83. The number of benzene rings is 1. The van der Waals surface area contributed by atoms with Crippen LogP contribution in [0.3, 0.4) is 0 Å². The number of anilines is 1. The lowest BCUT2D eigenvalue weighted by atomic mass is 10.1. The van der Waals surface area contributed by atoms with Gasteiger partial charge >= 0.3 is 5.97 Å². The Morgan fingerprint density at radius 2 is 2.00 bits per heavy atom. The fourth-order valence-corrected chi connectivity index (χ4v) is 1.80. The maximum atomic E-state index is 11.3. The summed E-state index contributed by atoms with van der Waals surface area (Å²) < 4.78 is 0. The molecule has 2 rings (SSSR count). The summed E-state index contributed by atoms with van der Waals surface area (Å²) in [6.45, 7) is 1.94. The van der Waals surface area contributed by atoms with Gasteiger partial charge in [0.25, 0.3) is 0 Å². The van der Waals surface area contributed by atoms with Crippen molar-refractivity contribution >= 4 is 23.3 Å². The van der Waals surface area contributed by atoms with Crippen molar-refractivity contribution in [3.63, 3.8) is 0 Å². The van der Waals surface area contributed by atoms with Crippen LogP contribution < -0.4 is 10.7 Å². The second-order valence-electron chi connectivity index (χ2n) is 4.15. The quantitative estimate of drug-likeness (QED) is 0.812. The SMILES string of the molecule is Cc1ccc(N2N=C(C(=O)O)CC2C(N)=O)cc1. The maximum Gasteiger partial charge on any atom is 0.352 e. The third kappa shape index (κ3) is 2.17. The van der Waals surface area contributed by atoms with Crippen molar-refractivity contribution in [1.82, 2.24) is 0 Å². The Hall–Kier alpha value is -2.37. The van der Waals surface area contributed by atoms with Crippen LogP contribution in [-0.4, -0.2) is 28.7 Å². The van der Waals surface area contributed by atoms with Gasteiger partial charge in [-0.15, -0.1) is 0 Å². The molecule has 1 amide bonds. The van der Waals surface area contributed by atoms with Gasteiger partial charge in [0.1, 0.15) is 11.8 Å². The van der Waals surface area contributed by atoms with Crippen molar-refractivity contribution in [2.45, 2.75) is 19.4 Å². The number of carbonyl (C=O) groups is 2. The molecule has 1 atom stereocenters. The van der Waals surface area contributed by atoms with E-state index in [2.05, 4.69) is 5.10 Å². The third-order valence-corrected chi connectivity index (χ3v) is 2.78. The topological polar surface area (TPSA) is 96.0 Å². The lowest BCUT2D eigenvalue weighted by Gasteiger charge is -2.20. The van der Waals surface area contributed by atoms with E-state index in [-0.39, 0.29) is 12.1 Å². The Kier molecular flexibility index (Phi) is 3.01. The first kappa shape index (κ1) is 12.1. The number of hydrogen-bond acceptors (Lipinski definition) is 4. The van der Waals surface area contributed by atoms with Crippen LogP contribution in [0.15, 0.2) is 29.4 Å². The van der Waals surface area contributed by atoms with Crippen LogP contribution in [0.25, 0.3) is 0 Å². The molecular weight excluding hydrogens is 234 g/mol. The molecule has 6 heteroatoms. The molecule has 1 aliphatic rings. The molecule has 1 unspecified atom stereocenters. The maximum absolute atomic E-state index is 11.3. The minimum absolute atomic E-state index is 0.0263. The summed E-state index contributed by atoms with van der Waals surface area (Å²) in [4.78, 5) is 22.2. The fraction of sp³-hybridized carbons (Fsp3) is 0.250. The molecule has 0 aromatic heterocycles. The van der Waals surface area contributed by atoms with Crippen molar-refractivity contribution in [1.29, 1.82) is 0 Å². The molecule has 0 fully saturated rings. The monoisotopic (exact) mass is 247 g/mol. The molecule has 0 radical (unpaired) electrons. The highest BCUT2D eigenvalue weighted by atomic mass is 16.4. The lowest BCUT2D eigenvalue weighted by molar-refractivity contribution is -0.129. The van der Waals surface area contributed by atoms with E-state index in [1.807, 2.05) is 19.1 Å². The number of nitrogens with zero attached hydrogens (tertiary/aromatic N) is 2. The molecular formula is C12H13N3O3. The highest BCUT2D eigenvalue weighted by Gasteiger charge is 2.34. The zero-order chi connectivity index (χ0) is 13.3. The van der Waals surface area contributed by atoms with Crippen molar-refractivity contribution < 1.29 is 14.7 Å². The molecule has 0 spiro atoms. The number of nitrogens with two attached hydrogens (primary N) is 1. The number of hydrogen-bond donors (Lipinski definition) is 2. The molecule has 6 nitrogen and oxygen atoms in total. The molecule has 1 aromatic rings. The Morgan fingerprint density at radius 3 is 2.50 bits per heavy atom. The number of rotatable bonds is 3. The Labute approximate surface area is 104 Å². The lowest BCUT2D eigenvalue weighted by Crippen LogP contribution is -2.39. The second kappa shape index (κ2) is 4.48. The third-order valence-electron chi connectivity index (χ3n) is 2.78. The zero-order valence-electron chi connectivity index (χ0n) is 9.83. The molecule has 0 bridgehead atoms. The highest BCUT2D eigenvalue weighted by molar-refractivity contribution is 6.37. The first-order valence-corrected chi connectivity index (χ1v) is 5.45. The van der Waals surface area contributed by atoms with Gasteiger partial charge in [-0.3, -0.25) is 9.80 Å². The molecule has 1 aromatic carbocycles. The number of carboxylic acids is 1. The number of carbonyl (C=O) groups excluding carboxylic acids is 1. The number of aryl methyl sites for hydroxylation is 1. The predicted octanol–water partition coefficient (Wildman–Crippen LogP) is 0.500. The van der Waals surface area contributed by atoms with Crippen LogP contribution in [-0.2, 0) is 9.59 Å². The van der Waals surface area contributed by atoms with E-state index in [0.29, 0.717) is 5.69 Å². The van der Waals surface area contributed by atoms with Gasteiger partial charge in [-0.1, -0.05) is 17.7 Å². The van der Waals surface area contributed by atoms with Gasteiger partial charge in [0.05, 0.1) is 5.69 Å². The van der Waals surface area contributed by atoms with E-state index in [1.54, 1.807) is 12.1 Å². The van der Waals surface area contributed by atoms with Gasteiger partial charge in [0.2, 0.25) is 5.91 Å². The summed E-state index contributed by atoms with van der Waals surface area (Å²) in [6.07, 6.45) is 0.0263. The molecule has 0 aliphatic carbocycles. The van der Waals surface area contributed by atoms with Gasteiger partial charge in [0, 0.05) is 6.42 Å². The predicted molar refractivity (Wildman–Crippen MR) is 66.3 cm³/mol. The van der Waals surface area contributed by atoms with Gasteiger partial charge in [-0.05, 0) is 19.1 Å². The average molecular weight is 247 g/mol. The van der Waals surface area contributed by atoms with Crippen LogP contribution >= 0.6 is 0 Å². The van der Waals surface area contributed by atoms with E-state index in [0.717, 1.165) is 5.56 Å². The second-order valence-corrected chi connectivity index (χ2v) is 4.15. The van der Waals surface area contributed by atoms with Crippen molar-refractivity contribution in [2.24, 2.45) is 10.8 Å². The summed E-state index contributed by atoms with van der Waals surface area (Å²) >= 11 is 0. The van der Waals surface area contributed by atoms with E-state index in [9.17, 15) is 9.59 Å². The van der Waals surface area contributed by atoms with Crippen LogP contribution in [0.5, 0.6) is 0 Å². The number of amides is 1. The van der Waals surface area contributed by atoms with Crippen LogP contribution in [0, 0.1) is 6.92 Å². The molecule has 18 heavy (non-hydrogen) atoms. The number of carboxylic acid groups (broad SMARTS) is 1. The minimum Gasteiger partial charge on any atom is -0.477 e. The normalized spacial score (nSPS) is 18.6. The number of hydrazone groups is 1. The molecule has 1 aliphatic heterocycles. The van der Waals surface area contributed by atoms with Gasteiger partial charge in [-0.25, -0.2) is 4.79 Å². The van der Waals surface area contributed by atoms with Crippen molar-refractivity contribution in [3.05, 3.63) is 29.8 Å². The molecule has 3 N–H and O–H groups in total. The summed E-state index contributed by atoms with van der Waals surface area (Å²) in [7, 11) is 0. The van der Waals surface area contributed by atoms with Crippen molar-refractivity contribution in [3.8, 4) is 0 Å². The van der Waals surface area contributed by atoms with Crippen LogP contribution in [0.4, 0.5) is 5.69 Å². The summed E-state index contributed by atoms with van der Waals surface area (Å²) in [5.41, 5.74) is 6.93. The van der Waals surface area contributed by atoms with E-state index in [1.165, 1.54) is 5.01 Å². The average Bonchev–Trinajstić information content (AvgIpc) is 2.75. The van der Waals surface area contributed by atoms with Crippen molar-refractivity contribution in [2.75, 3.05) is 5.01 Å².